The van der Waals surface area contributed by atoms with E-state index in [4.69, 9.17) is 4.74 Å². The van der Waals surface area contributed by atoms with Gasteiger partial charge in [0.1, 0.15) is 6.61 Å². The molecule has 1 aliphatic heterocycles. The molecular formula is C10H17N3O3. The van der Waals surface area contributed by atoms with Crippen LogP contribution in [-0.2, 0) is 9.53 Å². The monoisotopic (exact) mass is 227 g/mol. The van der Waals surface area contributed by atoms with Gasteiger partial charge in [-0.2, -0.15) is 0 Å². The van der Waals surface area contributed by atoms with Gasteiger partial charge in [0.05, 0.1) is 13.2 Å². The number of hydrogen-bond donors (Lipinski definition) is 1. The highest BCUT2D eigenvalue weighted by Gasteiger charge is 2.28. The van der Waals surface area contributed by atoms with Crippen LogP contribution in [0.4, 0.5) is 4.79 Å². The number of hydrogen-bond acceptors (Lipinski definition) is 3. The average molecular weight is 227 g/mol. The minimum absolute atomic E-state index is 0.0381. The first-order chi connectivity index (χ1) is 7.70. The van der Waals surface area contributed by atoms with Gasteiger partial charge in [-0.1, -0.05) is 6.08 Å². The normalized spacial score (nSPS) is 14.8. The van der Waals surface area contributed by atoms with Crippen LogP contribution in [0.25, 0.3) is 0 Å². The molecule has 1 N–H and O–H groups in total. The fourth-order valence-electron chi connectivity index (χ4n) is 1.48. The maximum Gasteiger partial charge on any atom is 0.336 e. The standard InChI is InChI=1S/C10H17N3O3/c1-3-7-16-8-9(14)12(4-2)13-6-5-11-10(13)15/h3H,1,4-8H2,2H3,(H,11,15). The number of likely N-dealkylation sites (N-methyl/N-ethyl adjacent to an activating group) is 1. The van der Waals surface area contributed by atoms with Crippen LogP contribution in [0.1, 0.15) is 6.92 Å². The molecule has 0 bridgehead atoms. The lowest BCUT2D eigenvalue weighted by Crippen LogP contribution is -2.49. The molecule has 0 spiro atoms. The molecule has 0 atom stereocenters. The quantitative estimate of drug-likeness (QED) is 0.512. The fraction of sp³-hybridized carbons (Fsp3) is 0.600. The van der Waals surface area contributed by atoms with Crippen LogP contribution in [0.3, 0.4) is 0 Å². The van der Waals surface area contributed by atoms with E-state index in [2.05, 4.69) is 11.9 Å². The van der Waals surface area contributed by atoms with E-state index in [0.717, 1.165) is 0 Å². The summed E-state index contributed by atoms with van der Waals surface area (Å²) in [5, 5.41) is 5.44. The Balaban J connectivity index is 2.49. The summed E-state index contributed by atoms with van der Waals surface area (Å²) in [6, 6.07) is -0.237. The van der Waals surface area contributed by atoms with Crippen molar-refractivity contribution in [2.45, 2.75) is 6.92 Å². The van der Waals surface area contributed by atoms with Crippen molar-refractivity contribution in [3.63, 3.8) is 0 Å². The van der Waals surface area contributed by atoms with Crippen LogP contribution in [0.2, 0.25) is 0 Å². The van der Waals surface area contributed by atoms with Crippen molar-refractivity contribution in [2.24, 2.45) is 0 Å². The summed E-state index contributed by atoms with van der Waals surface area (Å²) in [6.45, 7) is 7.12. The Morgan fingerprint density at radius 3 is 3.00 bits per heavy atom. The number of urea groups is 1. The first-order valence-corrected chi connectivity index (χ1v) is 5.25. The molecule has 6 nitrogen and oxygen atoms in total. The summed E-state index contributed by atoms with van der Waals surface area (Å²) in [5.41, 5.74) is 0. The lowest BCUT2D eigenvalue weighted by atomic mass is 10.5. The Morgan fingerprint density at radius 2 is 2.50 bits per heavy atom. The number of amides is 3. The van der Waals surface area contributed by atoms with Gasteiger partial charge in [-0.3, -0.25) is 4.79 Å². The van der Waals surface area contributed by atoms with E-state index in [1.807, 2.05) is 6.92 Å². The lowest BCUT2D eigenvalue weighted by Gasteiger charge is -2.29. The summed E-state index contributed by atoms with van der Waals surface area (Å²) in [5.74, 6) is -0.221. The second kappa shape index (κ2) is 6.12. The summed E-state index contributed by atoms with van der Waals surface area (Å²) >= 11 is 0. The Hall–Kier alpha value is -1.56. The molecule has 0 saturated carbocycles. The number of ether oxygens (including phenoxy) is 1. The first-order valence-electron chi connectivity index (χ1n) is 5.25. The van der Waals surface area contributed by atoms with Crippen LogP contribution in [0.5, 0.6) is 0 Å². The predicted molar refractivity (Wildman–Crippen MR) is 58.5 cm³/mol. The summed E-state index contributed by atoms with van der Waals surface area (Å²) < 4.78 is 5.05. The third kappa shape index (κ3) is 2.96. The Morgan fingerprint density at radius 1 is 1.75 bits per heavy atom. The number of hydrazine groups is 1. The van der Waals surface area contributed by atoms with Gasteiger partial charge in [-0.05, 0) is 6.92 Å². The smallest absolute Gasteiger partial charge is 0.336 e. The molecule has 90 valence electrons. The molecule has 3 amide bonds. The third-order valence-corrected chi connectivity index (χ3v) is 2.17. The SMILES string of the molecule is C=CCOCC(=O)N(CC)N1CCNC1=O. The maximum atomic E-state index is 11.7. The van der Waals surface area contributed by atoms with E-state index in [0.29, 0.717) is 26.2 Å². The molecule has 1 saturated heterocycles. The predicted octanol–water partition coefficient (Wildman–Crippen LogP) is -0.0223. The zero-order valence-electron chi connectivity index (χ0n) is 9.44. The molecule has 0 aromatic heterocycles. The van der Waals surface area contributed by atoms with Gasteiger partial charge in [0.25, 0.3) is 5.91 Å². The van der Waals surface area contributed by atoms with E-state index in [1.54, 1.807) is 6.08 Å². The van der Waals surface area contributed by atoms with Crippen molar-refractivity contribution in [1.82, 2.24) is 15.3 Å². The van der Waals surface area contributed by atoms with Crippen molar-refractivity contribution in [2.75, 3.05) is 32.8 Å². The molecule has 1 rings (SSSR count). The van der Waals surface area contributed by atoms with E-state index in [1.165, 1.54) is 10.0 Å². The second-order valence-corrected chi connectivity index (χ2v) is 3.27. The molecule has 1 heterocycles. The van der Waals surface area contributed by atoms with E-state index in [-0.39, 0.29) is 18.5 Å². The van der Waals surface area contributed by atoms with Crippen LogP contribution in [0.15, 0.2) is 12.7 Å². The molecule has 0 aromatic rings. The molecule has 0 unspecified atom stereocenters. The fourth-order valence-corrected chi connectivity index (χ4v) is 1.48. The Labute approximate surface area is 94.8 Å². The molecule has 0 aromatic carbocycles. The largest absolute Gasteiger partial charge is 0.368 e. The van der Waals surface area contributed by atoms with E-state index < -0.39 is 0 Å². The molecular weight excluding hydrogens is 210 g/mol. The summed E-state index contributed by atoms with van der Waals surface area (Å²) in [4.78, 5) is 23.1. The van der Waals surface area contributed by atoms with Crippen LogP contribution in [0, 0.1) is 0 Å². The van der Waals surface area contributed by atoms with Gasteiger partial charge >= 0.3 is 6.03 Å². The highest BCUT2D eigenvalue weighted by molar-refractivity contribution is 5.83. The molecule has 6 heteroatoms. The van der Waals surface area contributed by atoms with Crippen LogP contribution in [-0.4, -0.2) is 54.8 Å². The van der Waals surface area contributed by atoms with Gasteiger partial charge in [0.15, 0.2) is 0 Å². The molecule has 1 aliphatic rings. The Kier molecular flexibility index (Phi) is 4.78. The lowest BCUT2D eigenvalue weighted by molar-refractivity contribution is -0.147. The van der Waals surface area contributed by atoms with Crippen molar-refractivity contribution in [1.29, 1.82) is 0 Å². The van der Waals surface area contributed by atoms with Gasteiger partial charge in [0, 0.05) is 13.1 Å². The third-order valence-electron chi connectivity index (χ3n) is 2.17. The first kappa shape index (κ1) is 12.5. The molecule has 1 fully saturated rings. The molecule has 0 aliphatic carbocycles. The molecule has 16 heavy (non-hydrogen) atoms. The number of rotatable bonds is 6. The zero-order chi connectivity index (χ0) is 12.0. The minimum atomic E-state index is -0.237. The highest BCUT2D eigenvalue weighted by atomic mass is 16.5. The maximum absolute atomic E-state index is 11.7. The minimum Gasteiger partial charge on any atom is -0.368 e. The second-order valence-electron chi connectivity index (χ2n) is 3.27. The highest BCUT2D eigenvalue weighted by Crippen LogP contribution is 2.04. The molecule has 0 radical (unpaired) electrons. The zero-order valence-corrected chi connectivity index (χ0v) is 9.44. The summed E-state index contributed by atoms with van der Waals surface area (Å²) in [7, 11) is 0. The van der Waals surface area contributed by atoms with Gasteiger partial charge < -0.3 is 10.1 Å². The van der Waals surface area contributed by atoms with E-state index >= 15 is 0 Å². The van der Waals surface area contributed by atoms with Crippen molar-refractivity contribution < 1.29 is 14.3 Å². The van der Waals surface area contributed by atoms with Crippen molar-refractivity contribution in [3.05, 3.63) is 12.7 Å². The van der Waals surface area contributed by atoms with Gasteiger partial charge in [-0.15, -0.1) is 6.58 Å². The van der Waals surface area contributed by atoms with Crippen LogP contribution >= 0.6 is 0 Å². The summed E-state index contributed by atoms with van der Waals surface area (Å²) in [6.07, 6.45) is 1.58. The van der Waals surface area contributed by atoms with Crippen molar-refractivity contribution in [3.8, 4) is 0 Å². The average Bonchev–Trinajstić information content (AvgIpc) is 2.67. The number of nitrogens with one attached hydrogen (secondary N) is 1. The topological polar surface area (TPSA) is 61.9 Å². The Bertz CT molecular complexity index is 280. The van der Waals surface area contributed by atoms with Crippen LogP contribution < -0.4 is 5.32 Å². The number of carbonyl (C=O) groups is 2. The van der Waals surface area contributed by atoms with Gasteiger partial charge in [-0.25, -0.2) is 14.8 Å². The number of carbonyl (C=O) groups excluding carboxylic acids is 2. The number of nitrogens with zero attached hydrogens (tertiary/aromatic N) is 2. The van der Waals surface area contributed by atoms with Crippen molar-refractivity contribution >= 4 is 11.9 Å². The van der Waals surface area contributed by atoms with Gasteiger partial charge in [0.2, 0.25) is 0 Å². The van der Waals surface area contributed by atoms with E-state index in [9.17, 15) is 9.59 Å².